The molecule has 9 heteroatoms. The third kappa shape index (κ3) is 4.69. The second kappa shape index (κ2) is 9.46. The molecular formula is C21H20N4O5. The quantitative estimate of drug-likeness (QED) is 0.434. The Bertz CT molecular complexity index is 1170. The fraction of sp³-hybridized carbons (Fsp3) is 0.190. The minimum Gasteiger partial charge on any atom is -0.481 e. The van der Waals surface area contributed by atoms with Crippen molar-refractivity contribution in [1.29, 1.82) is 0 Å². The van der Waals surface area contributed by atoms with Gasteiger partial charge >= 0.3 is 5.97 Å². The number of nitrogens with zero attached hydrogens (tertiary/aromatic N) is 3. The number of aryl methyl sites for hydroxylation is 1. The van der Waals surface area contributed by atoms with Gasteiger partial charge in [-0.05, 0) is 24.6 Å². The molecule has 0 aliphatic rings. The number of nitrogens with one attached hydrogen (secondary N) is 1. The highest BCUT2D eigenvalue weighted by molar-refractivity contribution is 6.05. The van der Waals surface area contributed by atoms with E-state index in [-0.39, 0.29) is 11.3 Å². The summed E-state index contributed by atoms with van der Waals surface area (Å²) < 4.78 is 6.47. The molecule has 0 saturated carbocycles. The SMILES string of the molecule is CCCn1nc(C(=O)NN=Cc2ccccc2OCC(=O)O)c2ccccc2c1=O. The Morgan fingerprint density at radius 3 is 2.60 bits per heavy atom. The van der Waals surface area contributed by atoms with Crippen LogP contribution in [-0.4, -0.2) is 39.6 Å². The number of carboxylic acid groups (broad SMARTS) is 1. The van der Waals surface area contributed by atoms with Gasteiger partial charge in [-0.25, -0.2) is 14.9 Å². The van der Waals surface area contributed by atoms with Crippen LogP contribution in [0.1, 0.15) is 29.4 Å². The maximum Gasteiger partial charge on any atom is 0.341 e. The first kappa shape index (κ1) is 20.7. The molecule has 0 aliphatic heterocycles. The average molecular weight is 408 g/mol. The van der Waals surface area contributed by atoms with E-state index in [1.165, 1.54) is 10.9 Å². The van der Waals surface area contributed by atoms with Crippen molar-refractivity contribution in [3.8, 4) is 5.75 Å². The number of para-hydroxylation sites is 1. The Morgan fingerprint density at radius 2 is 1.87 bits per heavy atom. The topological polar surface area (TPSA) is 123 Å². The molecule has 3 rings (SSSR count). The number of fused-ring (bicyclic) bond motifs is 1. The molecule has 0 saturated heterocycles. The maximum absolute atomic E-state index is 12.7. The first-order valence-corrected chi connectivity index (χ1v) is 9.28. The van der Waals surface area contributed by atoms with E-state index in [1.54, 1.807) is 48.5 Å². The summed E-state index contributed by atoms with van der Waals surface area (Å²) in [6.07, 6.45) is 2.04. The van der Waals surface area contributed by atoms with Crippen molar-refractivity contribution in [1.82, 2.24) is 15.2 Å². The number of aromatic nitrogens is 2. The van der Waals surface area contributed by atoms with Gasteiger partial charge in [0.1, 0.15) is 5.75 Å². The molecular weight excluding hydrogens is 388 g/mol. The van der Waals surface area contributed by atoms with E-state index in [4.69, 9.17) is 9.84 Å². The summed E-state index contributed by atoms with van der Waals surface area (Å²) in [5.41, 5.74) is 2.73. The summed E-state index contributed by atoms with van der Waals surface area (Å²) in [5, 5.41) is 17.7. The second-order valence-corrected chi connectivity index (χ2v) is 6.34. The van der Waals surface area contributed by atoms with Crippen LogP contribution >= 0.6 is 0 Å². The monoisotopic (exact) mass is 408 g/mol. The summed E-state index contributed by atoms with van der Waals surface area (Å²) in [6.45, 7) is 1.81. The lowest BCUT2D eigenvalue weighted by molar-refractivity contribution is -0.139. The number of hydrazone groups is 1. The summed E-state index contributed by atoms with van der Waals surface area (Å²) in [5.74, 6) is -1.36. The van der Waals surface area contributed by atoms with Crippen LogP contribution in [0.3, 0.4) is 0 Å². The zero-order chi connectivity index (χ0) is 21.5. The van der Waals surface area contributed by atoms with Gasteiger partial charge in [-0.15, -0.1) is 0 Å². The lowest BCUT2D eigenvalue weighted by Gasteiger charge is -2.09. The summed E-state index contributed by atoms with van der Waals surface area (Å²) in [7, 11) is 0. The molecule has 9 nitrogen and oxygen atoms in total. The van der Waals surface area contributed by atoms with E-state index in [2.05, 4.69) is 15.6 Å². The molecule has 1 aromatic heterocycles. The highest BCUT2D eigenvalue weighted by Crippen LogP contribution is 2.16. The first-order chi connectivity index (χ1) is 14.5. The summed E-state index contributed by atoms with van der Waals surface area (Å²) in [4.78, 5) is 35.9. The molecule has 0 bridgehead atoms. The fourth-order valence-electron chi connectivity index (χ4n) is 2.84. The maximum atomic E-state index is 12.7. The van der Waals surface area contributed by atoms with Crippen LogP contribution in [0, 0.1) is 0 Å². The van der Waals surface area contributed by atoms with E-state index in [0.29, 0.717) is 35.1 Å². The normalized spacial score (nSPS) is 11.0. The highest BCUT2D eigenvalue weighted by atomic mass is 16.5. The molecule has 0 radical (unpaired) electrons. The highest BCUT2D eigenvalue weighted by Gasteiger charge is 2.16. The number of amides is 1. The largest absolute Gasteiger partial charge is 0.481 e. The molecule has 0 unspecified atom stereocenters. The van der Waals surface area contributed by atoms with Crippen LogP contribution in [0.15, 0.2) is 58.4 Å². The van der Waals surface area contributed by atoms with Crippen molar-refractivity contribution in [3.63, 3.8) is 0 Å². The third-order valence-corrected chi connectivity index (χ3v) is 4.16. The van der Waals surface area contributed by atoms with E-state index >= 15 is 0 Å². The molecule has 0 fully saturated rings. The summed E-state index contributed by atoms with van der Waals surface area (Å²) >= 11 is 0. The molecule has 0 aliphatic carbocycles. The Morgan fingerprint density at radius 1 is 1.17 bits per heavy atom. The van der Waals surface area contributed by atoms with Gasteiger partial charge in [0.15, 0.2) is 12.3 Å². The molecule has 3 aromatic rings. The van der Waals surface area contributed by atoms with E-state index in [9.17, 15) is 14.4 Å². The van der Waals surface area contributed by atoms with E-state index in [0.717, 1.165) is 0 Å². The lowest BCUT2D eigenvalue weighted by Crippen LogP contribution is -2.29. The molecule has 2 N–H and O–H groups in total. The van der Waals surface area contributed by atoms with Crippen LogP contribution in [0.25, 0.3) is 10.8 Å². The number of carbonyl (C=O) groups is 2. The minimum absolute atomic E-state index is 0.0891. The van der Waals surface area contributed by atoms with Crippen LogP contribution in [0.2, 0.25) is 0 Å². The van der Waals surface area contributed by atoms with Crippen molar-refractivity contribution in [2.24, 2.45) is 5.10 Å². The molecule has 30 heavy (non-hydrogen) atoms. The number of aliphatic carboxylic acids is 1. The molecule has 1 amide bonds. The van der Waals surface area contributed by atoms with Crippen molar-refractivity contribution in [2.75, 3.05) is 6.61 Å². The van der Waals surface area contributed by atoms with Crippen molar-refractivity contribution in [3.05, 3.63) is 70.1 Å². The van der Waals surface area contributed by atoms with Gasteiger partial charge in [0.25, 0.3) is 11.5 Å². The average Bonchev–Trinajstić information content (AvgIpc) is 2.75. The van der Waals surface area contributed by atoms with Gasteiger partial charge in [0.2, 0.25) is 0 Å². The van der Waals surface area contributed by atoms with Crippen LogP contribution in [-0.2, 0) is 11.3 Å². The zero-order valence-electron chi connectivity index (χ0n) is 16.2. The van der Waals surface area contributed by atoms with Crippen LogP contribution in [0.4, 0.5) is 0 Å². The van der Waals surface area contributed by atoms with Crippen LogP contribution < -0.4 is 15.7 Å². The van der Waals surface area contributed by atoms with Gasteiger partial charge in [0.05, 0.1) is 11.6 Å². The van der Waals surface area contributed by atoms with Crippen LogP contribution in [0.5, 0.6) is 5.75 Å². The van der Waals surface area contributed by atoms with Gasteiger partial charge in [-0.1, -0.05) is 37.3 Å². The Balaban J connectivity index is 1.85. The number of carbonyl (C=O) groups excluding carboxylic acids is 1. The van der Waals surface area contributed by atoms with Crippen molar-refractivity contribution < 1.29 is 19.4 Å². The number of rotatable bonds is 8. The molecule has 0 spiro atoms. The fourth-order valence-corrected chi connectivity index (χ4v) is 2.84. The smallest absolute Gasteiger partial charge is 0.341 e. The summed E-state index contributed by atoms with van der Waals surface area (Å²) in [6, 6.07) is 13.5. The van der Waals surface area contributed by atoms with Gasteiger partial charge in [0, 0.05) is 17.5 Å². The second-order valence-electron chi connectivity index (χ2n) is 6.34. The van der Waals surface area contributed by atoms with E-state index in [1.807, 2.05) is 6.92 Å². The molecule has 0 atom stereocenters. The van der Waals surface area contributed by atoms with Gasteiger partial charge in [-0.2, -0.15) is 10.2 Å². The number of carboxylic acids is 1. The predicted octanol–water partition coefficient (Wildman–Crippen LogP) is 2.03. The molecule has 2 aromatic carbocycles. The zero-order valence-corrected chi connectivity index (χ0v) is 16.2. The number of hydrogen-bond acceptors (Lipinski definition) is 6. The predicted molar refractivity (Wildman–Crippen MR) is 111 cm³/mol. The Hall–Kier alpha value is -4.01. The van der Waals surface area contributed by atoms with Crippen molar-refractivity contribution in [2.45, 2.75) is 19.9 Å². The van der Waals surface area contributed by atoms with Gasteiger partial charge < -0.3 is 9.84 Å². The first-order valence-electron chi connectivity index (χ1n) is 9.28. The molecule has 1 heterocycles. The van der Waals surface area contributed by atoms with Gasteiger partial charge in [-0.3, -0.25) is 9.59 Å². The Labute approximate surface area is 171 Å². The van der Waals surface area contributed by atoms with Crippen molar-refractivity contribution >= 4 is 28.9 Å². The number of ether oxygens (including phenoxy) is 1. The lowest BCUT2D eigenvalue weighted by atomic mass is 10.1. The minimum atomic E-state index is -1.10. The standard InChI is InChI=1S/C21H20N4O5/c1-2-11-25-21(29)16-9-5-4-8-15(16)19(24-25)20(28)23-22-12-14-7-3-6-10-17(14)30-13-18(26)27/h3-10,12H,2,11,13H2,1H3,(H,23,28)(H,26,27). The molecule has 154 valence electrons. The number of hydrogen-bond donors (Lipinski definition) is 2. The third-order valence-electron chi connectivity index (χ3n) is 4.16. The Kier molecular flexibility index (Phi) is 6.53. The number of benzene rings is 2. The van der Waals surface area contributed by atoms with E-state index < -0.39 is 18.5 Å².